The lowest BCUT2D eigenvalue weighted by atomic mass is 9.98. The summed E-state index contributed by atoms with van der Waals surface area (Å²) in [6.45, 7) is 7.56. The molecule has 2 rings (SSSR count). The highest BCUT2D eigenvalue weighted by Gasteiger charge is 2.28. The molecule has 2 N–H and O–H groups in total. The van der Waals surface area contributed by atoms with Crippen LogP contribution in [0.4, 0.5) is 0 Å². The SMILES string of the molecule is CC(C)(CNC(=O)CCNC(=O)c1ccccc1)N1CCCCC1. The zero-order valence-electron chi connectivity index (χ0n) is 14.8. The van der Waals surface area contributed by atoms with Crippen molar-refractivity contribution in [1.82, 2.24) is 15.5 Å². The second-order valence-corrected chi connectivity index (χ2v) is 7.01. The van der Waals surface area contributed by atoms with Crippen LogP contribution in [0.3, 0.4) is 0 Å². The molecule has 1 heterocycles. The summed E-state index contributed by atoms with van der Waals surface area (Å²) in [4.78, 5) is 26.4. The lowest BCUT2D eigenvalue weighted by Crippen LogP contribution is -2.53. The van der Waals surface area contributed by atoms with Gasteiger partial charge in [0, 0.05) is 30.6 Å². The molecule has 0 bridgehead atoms. The Bertz CT molecular complexity index is 537. The number of carbonyl (C=O) groups is 2. The average molecular weight is 331 g/mol. The average Bonchev–Trinajstić information content (AvgIpc) is 2.61. The van der Waals surface area contributed by atoms with Gasteiger partial charge in [-0.2, -0.15) is 0 Å². The van der Waals surface area contributed by atoms with Crippen molar-refractivity contribution in [3.63, 3.8) is 0 Å². The maximum Gasteiger partial charge on any atom is 0.251 e. The summed E-state index contributed by atoms with van der Waals surface area (Å²) >= 11 is 0. The van der Waals surface area contributed by atoms with Crippen LogP contribution in [0.2, 0.25) is 0 Å². The van der Waals surface area contributed by atoms with E-state index in [9.17, 15) is 9.59 Å². The van der Waals surface area contributed by atoms with Crippen LogP contribution >= 0.6 is 0 Å². The van der Waals surface area contributed by atoms with E-state index in [4.69, 9.17) is 0 Å². The molecule has 0 aliphatic carbocycles. The van der Waals surface area contributed by atoms with E-state index in [2.05, 4.69) is 29.4 Å². The highest BCUT2D eigenvalue weighted by Crippen LogP contribution is 2.19. The number of nitrogens with one attached hydrogen (secondary N) is 2. The van der Waals surface area contributed by atoms with Crippen LogP contribution in [0, 0.1) is 0 Å². The van der Waals surface area contributed by atoms with Crippen LogP contribution in [-0.2, 0) is 4.79 Å². The van der Waals surface area contributed by atoms with Gasteiger partial charge in [-0.05, 0) is 51.9 Å². The van der Waals surface area contributed by atoms with Crippen LogP contribution in [0.1, 0.15) is 49.9 Å². The van der Waals surface area contributed by atoms with Crippen LogP contribution < -0.4 is 10.6 Å². The Morgan fingerprint density at radius 3 is 2.38 bits per heavy atom. The number of nitrogens with zero attached hydrogens (tertiary/aromatic N) is 1. The number of amides is 2. The number of rotatable bonds is 7. The molecule has 1 fully saturated rings. The summed E-state index contributed by atoms with van der Waals surface area (Å²) in [6, 6.07) is 9.04. The zero-order chi connectivity index (χ0) is 17.4. The van der Waals surface area contributed by atoms with Gasteiger partial charge >= 0.3 is 0 Å². The van der Waals surface area contributed by atoms with Gasteiger partial charge in [-0.15, -0.1) is 0 Å². The second kappa shape index (κ2) is 8.83. The van der Waals surface area contributed by atoms with Gasteiger partial charge in [-0.3, -0.25) is 14.5 Å². The van der Waals surface area contributed by atoms with E-state index in [1.807, 2.05) is 18.2 Å². The minimum absolute atomic E-state index is 0.0200. The summed E-state index contributed by atoms with van der Waals surface area (Å²) in [6.07, 6.45) is 4.08. The molecule has 1 saturated heterocycles. The van der Waals surface area contributed by atoms with Gasteiger partial charge in [0.25, 0.3) is 5.91 Å². The van der Waals surface area contributed by atoms with E-state index in [-0.39, 0.29) is 17.4 Å². The van der Waals surface area contributed by atoms with Crippen molar-refractivity contribution in [2.24, 2.45) is 0 Å². The minimum atomic E-state index is -0.142. The van der Waals surface area contributed by atoms with Gasteiger partial charge in [0.1, 0.15) is 0 Å². The maximum absolute atomic E-state index is 12.0. The molecule has 5 heteroatoms. The van der Waals surface area contributed by atoms with Crippen LogP contribution in [0.15, 0.2) is 30.3 Å². The number of hydrogen-bond acceptors (Lipinski definition) is 3. The van der Waals surface area contributed by atoms with E-state index in [1.54, 1.807) is 12.1 Å². The third-order valence-corrected chi connectivity index (χ3v) is 4.60. The first-order chi connectivity index (χ1) is 11.5. The van der Waals surface area contributed by atoms with Crippen LogP contribution in [-0.4, -0.2) is 48.4 Å². The van der Waals surface area contributed by atoms with Gasteiger partial charge in [-0.1, -0.05) is 24.6 Å². The largest absolute Gasteiger partial charge is 0.354 e. The third-order valence-electron chi connectivity index (χ3n) is 4.60. The molecule has 2 amide bonds. The highest BCUT2D eigenvalue weighted by atomic mass is 16.2. The monoisotopic (exact) mass is 331 g/mol. The molecule has 132 valence electrons. The first kappa shape index (κ1) is 18.5. The van der Waals surface area contributed by atoms with E-state index in [0.717, 1.165) is 13.1 Å². The maximum atomic E-state index is 12.0. The van der Waals surface area contributed by atoms with Crippen molar-refractivity contribution in [3.05, 3.63) is 35.9 Å². The molecule has 1 aliphatic heterocycles. The molecule has 1 aliphatic rings. The molecule has 0 spiro atoms. The summed E-state index contributed by atoms with van der Waals surface area (Å²) in [7, 11) is 0. The van der Waals surface area contributed by atoms with E-state index < -0.39 is 0 Å². The predicted molar refractivity (Wildman–Crippen MR) is 95.9 cm³/mol. The second-order valence-electron chi connectivity index (χ2n) is 7.01. The van der Waals surface area contributed by atoms with Crippen molar-refractivity contribution < 1.29 is 9.59 Å². The fourth-order valence-electron chi connectivity index (χ4n) is 3.00. The highest BCUT2D eigenvalue weighted by molar-refractivity contribution is 5.94. The molecular weight excluding hydrogens is 302 g/mol. The lowest BCUT2D eigenvalue weighted by Gasteiger charge is -2.41. The summed E-state index contributed by atoms with van der Waals surface area (Å²) in [5.41, 5.74) is 0.591. The van der Waals surface area contributed by atoms with Crippen molar-refractivity contribution in [3.8, 4) is 0 Å². The van der Waals surface area contributed by atoms with Gasteiger partial charge in [0.05, 0.1) is 0 Å². The molecule has 24 heavy (non-hydrogen) atoms. The fourth-order valence-corrected chi connectivity index (χ4v) is 3.00. The van der Waals surface area contributed by atoms with Gasteiger partial charge in [0.15, 0.2) is 0 Å². The van der Waals surface area contributed by atoms with Crippen molar-refractivity contribution >= 4 is 11.8 Å². The van der Waals surface area contributed by atoms with Crippen molar-refractivity contribution in [1.29, 1.82) is 0 Å². The van der Waals surface area contributed by atoms with Gasteiger partial charge in [0.2, 0.25) is 5.91 Å². The molecule has 1 aromatic carbocycles. The quantitative estimate of drug-likeness (QED) is 0.805. The lowest BCUT2D eigenvalue weighted by molar-refractivity contribution is -0.121. The first-order valence-corrected chi connectivity index (χ1v) is 8.84. The Balaban J connectivity index is 1.67. The number of likely N-dealkylation sites (tertiary alicyclic amines) is 1. The number of hydrogen-bond donors (Lipinski definition) is 2. The summed E-state index contributed by atoms with van der Waals surface area (Å²) in [5.74, 6) is -0.162. The summed E-state index contributed by atoms with van der Waals surface area (Å²) in [5, 5.41) is 5.78. The predicted octanol–water partition coefficient (Wildman–Crippen LogP) is 2.19. The minimum Gasteiger partial charge on any atom is -0.354 e. The molecule has 0 aromatic heterocycles. The van der Waals surface area contributed by atoms with E-state index >= 15 is 0 Å². The Hall–Kier alpha value is -1.88. The molecular formula is C19H29N3O2. The normalized spacial score (nSPS) is 15.8. The standard InChI is InChI=1S/C19H29N3O2/c1-19(2,22-13-7-4-8-14-22)15-21-17(23)11-12-20-18(24)16-9-5-3-6-10-16/h3,5-6,9-10H,4,7-8,11-15H2,1-2H3,(H,20,24)(H,21,23). The fraction of sp³-hybridized carbons (Fsp3) is 0.579. The summed E-state index contributed by atoms with van der Waals surface area (Å²) < 4.78 is 0. The van der Waals surface area contributed by atoms with E-state index in [0.29, 0.717) is 25.1 Å². The molecule has 0 saturated carbocycles. The van der Waals surface area contributed by atoms with Crippen LogP contribution in [0.5, 0.6) is 0 Å². The number of piperidine rings is 1. The number of benzene rings is 1. The third kappa shape index (κ3) is 5.64. The Labute approximate surface area is 144 Å². The van der Waals surface area contributed by atoms with E-state index in [1.165, 1.54) is 19.3 Å². The Morgan fingerprint density at radius 2 is 1.71 bits per heavy atom. The molecule has 0 atom stereocenters. The van der Waals surface area contributed by atoms with Gasteiger partial charge in [-0.25, -0.2) is 0 Å². The first-order valence-electron chi connectivity index (χ1n) is 8.84. The number of carbonyl (C=O) groups excluding carboxylic acids is 2. The zero-order valence-corrected chi connectivity index (χ0v) is 14.8. The Kier molecular flexibility index (Phi) is 6.79. The molecule has 0 radical (unpaired) electrons. The molecule has 0 unspecified atom stereocenters. The van der Waals surface area contributed by atoms with Crippen molar-refractivity contribution in [2.45, 2.75) is 45.1 Å². The smallest absolute Gasteiger partial charge is 0.251 e. The topological polar surface area (TPSA) is 61.4 Å². The Morgan fingerprint density at radius 1 is 1.04 bits per heavy atom. The molecule has 1 aromatic rings. The van der Waals surface area contributed by atoms with Crippen LogP contribution in [0.25, 0.3) is 0 Å². The van der Waals surface area contributed by atoms with Crippen molar-refractivity contribution in [2.75, 3.05) is 26.2 Å². The van der Waals surface area contributed by atoms with Gasteiger partial charge < -0.3 is 10.6 Å². The molecule has 5 nitrogen and oxygen atoms in total.